The smallest absolute Gasteiger partial charge is 0.186 e. The minimum Gasteiger partial charge on any atom is -0.504 e. The molecule has 0 amide bonds. The zero-order valence-corrected chi connectivity index (χ0v) is 11.6. The Labute approximate surface area is 116 Å². The molecule has 2 aromatic rings. The number of ether oxygens (including phenoxy) is 1. The average molecular weight is 277 g/mol. The molecule has 2 rings (SSSR count). The van der Waals surface area contributed by atoms with Crippen LogP contribution in [0.25, 0.3) is 11.4 Å². The van der Waals surface area contributed by atoms with E-state index in [-0.39, 0.29) is 17.3 Å². The summed E-state index contributed by atoms with van der Waals surface area (Å²) in [6, 6.07) is 4.75. The van der Waals surface area contributed by atoms with Crippen LogP contribution in [-0.4, -0.2) is 28.7 Å². The maximum absolute atomic E-state index is 13.8. The number of benzene rings is 1. The molecular formula is C14H16FN3O2. The largest absolute Gasteiger partial charge is 0.504 e. The fourth-order valence-corrected chi connectivity index (χ4v) is 1.79. The number of aromatic nitrogens is 2. The van der Waals surface area contributed by atoms with Gasteiger partial charge in [0.15, 0.2) is 29.0 Å². The summed E-state index contributed by atoms with van der Waals surface area (Å²) < 4.78 is 18.9. The molecule has 0 aliphatic heterocycles. The fourth-order valence-electron chi connectivity index (χ4n) is 1.79. The Morgan fingerprint density at radius 2 is 2.10 bits per heavy atom. The van der Waals surface area contributed by atoms with Crippen molar-refractivity contribution < 1.29 is 14.2 Å². The number of nitrogens with one attached hydrogen (secondary N) is 1. The highest BCUT2D eigenvalue weighted by Gasteiger charge is 2.13. The third kappa shape index (κ3) is 2.64. The van der Waals surface area contributed by atoms with Gasteiger partial charge < -0.3 is 15.2 Å². The normalized spacial score (nSPS) is 10.4. The van der Waals surface area contributed by atoms with Crippen molar-refractivity contribution in [2.75, 3.05) is 19.0 Å². The number of methoxy groups -OCH3 is 1. The van der Waals surface area contributed by atoms with Crippen LogP contribution in [0.4, 0.5) is 10.2 Å². The monoisotopic (exact) mass is 277 g/mol. The van der Waals surface area contributed by atoms with Crippen LogP contribution in [0.5, 0.6) is 11.5 Å². The van der Waals surface area contributed by atoms with Crippen LogP contribution in [0.3, 0.4) is 0 Å². The van der Waals surface area contributed by atoms with Crippen molar-refractivity contribution in [1.82, 2.24) is 9.97 Å². The lowest BCUT2D eigenvalue weighted by Gasteiger charge is -2.10. The molecule has 0 spiro atoms. The first kappa shape index (κ1) is 14.0. The van der Waals surface area contributed by atoms with Crippen molar-refractivity contribution in [1.29, 1.82) is 0 Å². The molecule has 0 aliphatic rings. The topological polar surface area (TPSA) is 67.3 Å². The highest BCUT2D eigenvalue weighted by atomic mass is 19.1. The Bertz CT molecular complexity index is 632. The SMILES string of the molecule is CCNc1nc(-c2ccc(O)c(OC)c2)nc(C)c1F. The number of anilines is 1. The van der Waals surface area contributed by atoms with Gasteiger partial charge in [-0.15, -0.1) is 0 Å². The number of nitrogens with zero attached hydrogens (tertiary/aromatic N) is 2. The Morgan fingerprint density at radius 1 is 1.35 bits per heavy atom. The van der Waals surface area contributed by atoms with Crippen LogP contribution < -0.4 is 10.1 Å². The van der Waals surface area contributed by atoms with Crippen LogP contribution in [0.1, 0.15) is 12.6 Å². The molecule has 0 aliphatic carbocycles. The maximum Gasteiger partial charge on any atom is 0.186 e. The van der Waals surface area contributed by atoms with Crippen molar-refractivity contribution in [3.63, 3.8) is 0 Å². The summed E-state index contributed by atoms with van der Waals surface area (Å²) in [5, 5.41) is 12.4. The van der Waals surface area contributed by atoms with E-state index in [0.29, 0.717) is 23.7 Å². The summed E-state index contributed by atoms with van der Waals surface area (Å²) in [4.78, 5) is 8.29. The van der Waals surface area contributed by atoms with Gasteiger partial charge >= 0.3 is 0 Å². The van der Waals surface area contributed by atoms with Crippen molar-refractivity contribution in [3.8, 4) is 22.9 Å². The Kier molecular flexibility index (Phi) is 4.02. The third-order valence-corrected chi connectivity index (χ3v) is 2.80. The average Bonchev–Trinajstić information content (AvgIpc) is 2.44. The lowest BCUT2D eigenvalue weighted by molar-refractivity contribution is 0.373. The molecule has 0 atom stereocenters. The summed E-state index contributed by atoms with van der Waals surface area (Å²) >= 11 is 0. The molecule has 0 radical (unpaired) electrons. The highest BCUT2D eigenvalue weighted by Crippen LogP contribution is 2.30. The molecule has 0 saturated carbocycles. The molecule has 1 aromatic heterocycles. The van der Waals surface area contributed by atoms with Gasteiger partial charge in [-0.05, 0) is 32.0 Å². The molecule has 0 fully saturated rings. The zero-order chi connectivity index (χ0) is 14.7. The van der Waals surface area contributed by atoms with Gasteiger partial charge in [-0.2, -0.15) is 0 Å². The molecule has 0 unspecified atom stereocenters. The van der Waals surface area contributed by atoms with Crippen LogP contribution >= 0.6 is 0 Å². The Hall–Kier alpha value is -2.37. The van der Waals surface area contributed by atoms with E-state index in [2.05, 4.69) is 15.3 Å². The van der Waals surface area contributed by atoms with Crippen LogP contribution in [0.15, 0.2) is 18.2 Å². The standard InChI is InChI=1S/C14H16FN3O2/c1-4-16-14-12(15)8(2)17-13(18-14)9-5-6-10(19)11(7-9)20-3/h5-7,19H,4H2,1-3H3,(H,16,17,18). The number of hydrogen-bond acceptors (Lipinski definition) is 5. The summed E-state index contributed by atoms with van der Waals surface area (Å²) in [6.07, 6.45) is 0. The molecule has 0 bridgehead atoms. The van der Waals surface area contributed by atoms with E-state index in [9.17, 15) is 9.50 Å². The summed E-state index contributed by atoms with van der Waals surface area (Å²) in [7, 11) is 1.46. The molecule has 0 saturated heterocycles. The van der Waals surface area contributed by atoms with Crippen molar-refractivity contribution in [2.24, 2.45) is 0 Å². The molecule has 106 valence electrons. The summed E-state index contributed by atoms with van der Waals surface area (Å²) in [6.45, 7) is 4.00. The number of phenolic OH excluding ortho intramolecular Hbond substituents is 1. The van der Waals surface area contributed by atoms with Crippen molar-refractivity contribution >= 4 is 5.82 Å². The Balaban J connectivity index is 2.52. The first-order valence-corrected chi connectivity index (χ1v) is 6.22. The van der Waals surface area contributed by atoms with E-state index in [1.165, 1.54) is 13.2 Å². The summed E-state index contributed by atoms with van der Waals surface area (Å²) in [5.74, 6) is 0.432. The first-order valence-electron chi connectivity index (χ1n) is 6.22. The van der Waals surface area contributed by atoms with Gasteiger partial charge in [-0.3, -0.25) is 0 Å². The molecule has 1 heterocycles. The van der Waals surface area contributed by atoms with Gasteiger partial charge in [0.1, 0.15) is 0 Å². The number of rotatable bonds is 4. The number of aromatic hydroxyl groups is 1. The van der Waals surface area contributed by atoms with Gasteiger partial charge in [0, 0.05) is 12.1 Å². The lowest BCUT2D eigenvalue weighted by atomic mass is 10.2. The first-order chi connectivity index (χ1) is 9.56. The molecular weight excluding hydrogens is 261 g/mol. The van der Waals surface area contributed by atoms with Crippen LogP contribution in [0, 0.1) is 12.7 Å². The quantitative estimate of drug-likeness (QED) is 0.899. The molecule has 20 heavy (non-hydrogen) atoms. The van der Waals surface area contributed by atoms with Gasteiger partial charge in [-0.25, -0.2) is 14.4 Å². The molecule has 1 aromatic carbocycles. The predicted octanol–water partition coefficient (Wildman–Crippen LogP) is 2.74. The van der Waals surface area contributed by atoms with Crippen LogP contribution in [-0.2, 0) is 0 Å². The number of hydrogen-bond donors (Lipinski definition) is 2. The molecule has 6 heteroatoms. The van der Waals surface area contributed by atoms with Crippen LogP contribution in [0.2, 0.25) is 0 Å². The van der Waals surface area contributed by atoms with E-state index < -0.39 is 5.82 Å². The van der Waals surface area contributed by atoms with Gasteiger partial charge in [0.25, 0.3) is 0 Å². The molecule has 5 nitrogen and oxygen atoms in total. The second kappa shape index (κ2) is 5.73. The second-order valence-electron chi connectivity index (χ2n) is 4.21. The van der Waals surface area contributed by atoms with Crippen molar-refractivity contribution in [2.45, 2.75) is 13.8 Å². The molecule has 2 N–H and O–H groups in total. The van der Waals surface area contributed by atoms with Crippen molar-refractivity contribution in [3.05, 3.63) is 29.7 Å². The van der Waals surface area contributed by atoms with Gasteiger partial charge in [0.2, 0.25) is 0 Å². The summed E-state index contributed by atoms with van der Waals surface area (Å²) in [5.41, 5.74) is 0.903. The zero-order valence-electron chi connectivity index (χ0n) is 11.6. The van der Waals surface area contributed by atoms with Gasteiger partial charge in [0.05, 0.1) is 12.8 Å². The second-order valence-corrected chi connectivity index (χ2v) is 4.21. The van der Waals surface area contributed by atoms with E-state index in [4.69, 9.17) is 4.74 Å². The van der Waals surface area contributed by atoms with Gasteiger partial charge in [-0.1, -0.05) is 0 Å². The predicted molar refractivity (Wildman–Crippen MR) is 74.5 cm³/mol. The number of aryl methyl sites for hydroxylation is 1. The number of phenols is 1. The minimum absolute atomic E-state index is 0.0296. The van der Waals surface area contributed by atoms with E-state index in [0.717, 1.165) is 0 Å². The Morgan fingerprint density at radius 3 is 2.75 bits per heavy atom. The minimum atomic E-state index is -0.457. The third-order valence-electron chi connectivity index (χ3n) is 2.80. The number of halogens is 1. The maximum atomic E-state index is 13.8. The lowest BCUT2D eigenvalue weighted by Crippen LogP contribution is -2.06. The van der Waals surface area contributed by atoms with E-state index in [1.807, 2.05) is 6.92 Å². The van der Waals surface area contributed by atoms with E-state index in [1.54, 1.807) is 19.1 Å². The fraction of sp³-hybridized carbons (Fsp3) is 0.286. The van der Waals surface area contributed by atoms with E-state index >= 15 is 0 Å². The highest BCUT2D eigenvalue weighted by molar-refractivity contribution is 5.62.